The maximum Gasteiger partial charge on any atom is 0.407 e. The largest absolute Gasteiger partial charge is 0.460 e. The van der Waals surface area contributed by atoms with Crippen molar-refractivity contribution in [3.63, 3.8) is 0 Å². The zero-order chi connectivity index (χ0) is 27.3. The van der Waals surface area contributed by atoms with Crippen LogP contribution in [0.5, 0.6) is 0 Å². The molecule has 198 valence electrons. The zero-order valence-corrected chi connectivity index (χ0v) is 22.2. The predicted octanol–water partition coefficient (Wildman–Crippen LogP) is 5.68. The van der Waals surface area contributed by atoms with Crippen molar-refractivity contribution in [2.45, 2.75) is 58.3 Å². The lowest BCUT2D eigenvalue weighted by Gasteiger charge is -2.22. The van der Waals surface area contributed by atoms with Crippen LogP contribution in [-0.2, 0) is 30.4 Å². The van der Waals surface area contributed by atoms with Gasteiger partial charge in [0.2, 0.25) is 0 Å². The van der Waals surface area contributed by atoms with Gasteiger partial charge in [-0.1, -0.05) is 78.4 Å². The van der Waals surface area contributed by atoms with Crippen LogP contribution >= 0.6 is 0 Å². The van der Waals surface area contributed by atoms with Crippen LogP contribution in [-0.4, -0.2) is 36.3 Å². The molecule has 3 aromatic carbocycles. The molecule has 1 atom stereocenters. The maximum absolute atomic E-state index is 12.9. The summed E-state index contributed by atoms with van der Waals surface area (Å²) in [5.41, 5.74) is 5.51. The molecule has 38 heavy (non-hydrogen) atoms. The van der Waals surface area contributed by atoms with Gasteiger partial charge in [0.05, 0.1) is 6.42 Å². The highest BCUT2D eigenvalue weighted by Crippen LogP contribution is 2.44. The molecule has 1 N–H and O–H groups in total. The normalized spacial score (nSPS) is 13.2. The van der Waals surface area contributed by atoms with Crippen molar-refractivity contribution >= 4 is 18.0 Å². The molecule has 1 aliphatic carbocycles. The van der Waals surface area contributed by atoms with Gasteiger partial charge >= 0.3 is 18.0 Å². The fourth-order valence-electron chi connectivity index (χ4n) is 4.46. The molecule has 0 saturated heterocycles. The zero-order valence-electron chi connectivity index (χ0n) is 22.2. The van der Waals surface area contributed by atoms with Crippen molar-refractivity contribution in [3.8, 4) is 11.1 Å². The topological polar surface area (TPSA) is 90.9 Å². The minimum Gasteiger partial charge on any atom is -0.460 e. The first kappa shape index (κ1) is 26.9. The van der Waals surface area contributed by atoms with Crippen LogP contribution in [0.4, 0.5) is 4.79 Å². The predicted molar refractivity (Wildman–Crippen MR) is 143 cm³/mol. The molecule has 0 aliphatic heterocycles. The van der Waals surface area contributed by atoms with Crippen LogP contribution in [0.3, 0.4) is 0 Å². The Morgan fingerprint density at radius 2 is 1.42 bits per heavy atom. The molecule has 7 heteroatoms. The highest BCUT2D eigenvalue weighted by atomic mass is 16.6. The summed E-state index contributed by atoms with van der Waals surface area (Å²) in [7, 11) is 0. The van der Waals surface area contributed by atoms with E-state index >= 15 is 0 Å². The Bertz CT molecular complexity index is 1260. The molecule has 1 aliphatic rings. The van der Waals surface area contributed by atoms with E-state index in [9.17, 15) is 14.4 Å². The number of fused-ring (bicyclic) bond motifs is 3. The van der Waals surface area contributed by atoms with Crippen molar-refractivity contribution < 1.29 is 28.6 Å². The molecular formula is C31H33NO6. The number of esters is 2. The lowest BCUT2D eigenvalue weighted by molar-refractivity contribution is -0.160. The second kappa shape index (κ2) is 11.5. The molecule has 0 saturated carbocycles. The van der Waals surface area contributed by atoms with Gasteiger partial charge in [-0.2, -0.15) is 0 Å². The highest BCUT2D eigenvalue weighted by molar-refractivity contribution is 5.86. The fourth-order valence-corrected chi connectivity index (χ4v) is 4.46. The van der Waals surface area contributed by atoms with Gasteiger partial charge in [-0.15, -0.1) is 0 Å². The van der Waals surface area contributed by atoms with Gasteiger partial charge in [0.15, 0.2) is 0 Å². The molecule has 0 spiro atoms. The molecule has 3 aromatic rings. The van der Waals surface area contributed by atoms with E-state index in [0.29, 0.717) is 0 Å². The van der Waals surface area contributed by atoms with Crippen LogP contribution in [0.15, 0.2) is 72.8 Å². The summed E-state index contributed by atoms with van der Waals surface area (Å²) >= 11 is 0. The van der Waals surface area contributed by atoms with Crippen molar-refractivity contribution in [1.29, 1.82) is 0 Å². The fraction of sp³-hybridized carbons (Fsp3) is 0.323. The van der Waals surface area contributed by atoms with E-state index < -0.39 is 29.7 Å². The van der Waals surface area contributed by atoms with Crippen molar-refractivity contribution in [1.82, 2.24) is 5.32 Å². The summed E-state index contributed by atoms with van der Waals surface area (Å²) in [5.74, 6) is -1.51. The molecule has 4 rings (SSSR count). The molecule has 0 radical (unpaired) electrons. The van der Waals surface area contributed by atoms with Crippen LogP contribution in [0, 0.1) is 6.92 Å². The van der Waals surface area contributed by atoms with Gasteiger partial charge in [0, 0.05) is 5.92 Å². The quantitative estimate of drug-likeness (QED) is 0.307. The smallest absolute Gasteiger partial charge is 0.407 e. The number of ether oxygens (including phenoxy) is 3. The Morgan fingerprint density at radius 1 is 0.842 bits per heavy atom. The summed E-state index contributed by atoms with van der Waals surface area (Å²) in [6, 6.07) is 22.3. The third-order valence-electron chi connectivity index (χ3n) is 6.21. The number of hydrogen-bond acceptors (Lipinski definition) is 6. The van der Waals surface area contributed by atoms with Gasteiger partial charge in [-0.3, -0.25) is 4.79 Å². The number of rotatable bonds is 8. The van der Waals surface area contributed by atoms with Crippen LogP contribution < -0.4 is 5.32 Å². The average molecular weight is 516 g/mol. The maximum atomic E-state index is 12.9. The van der Waals surface area contributed by atoms with Crippen LogP contribution in [0.1, 0.15) is 55.4 Å². The van der Waals surface area contributed by atoms with E-state index in [1.807, 2.05) is 67.6 Å². The van der Waals surface area contributed by atoms with E-state index in [1.165, 1.54) is 0 Å². The summed E-state index contributed by atoms with van der Waals surface area (Å²) in [4.78, 5) is 38.2. The van der Waals surface area contributed by atoms with E-state index in [2.05, 4.69) is 17.4 Å². The number of benzene rings is 3. The molecule has 0 heterocycles. The average Bonchev–Trinajstić information content (AvgIpc) is 3.19. The van der Waals surface area contributed by atoms with Gasteiger partial charge in [-0.05, 0) is 55.5 Å². The van der Waals surface area contributed by atoms with E-state index in [-0.39, 0.29) is 25.6 Å². The highest BCUT2D eigenvalue weighted by Gasteiger charge is 2.31. The van der Waals surface area contributed by atoms with Crippen LogP contribution in [0.2, 0.25) is 0 Å². The molecule has 0 bridgehead atoms. The number of nitrogens with one attached hydrogen (secondary N) is 1. The van der Waals surface area contributed by atoms with Crippen molar-refractivity contribution in [2.75, 3.05) is 6.61 Å². The lowest BCUT2D eigenvalue weighted by atomic mass is 9.98. The Morgan fingerprint density at radius 3 is 2.00 bits per heavy atom. The second-order valence-electron chi connectivity index (χ2n) is 10.4. The van der Waals surface area contributed by atoms with Gasteiger partial charge in [0.1, 0.15) is 24.9 Å². The van der Waals surface area contributed by atoms with Gasteiger partial charge < -0.3 is 19.5 Å². The number of carbonyl (C=O) groups is 3. The summed E-state index contributed by atoms with van der Waals surface area (Å²) in [5, 5.41) is 2.51. The SMILES string of the molecule is Cc1ccc(COC(=O)[C@H](CC(=O)OC(C)(C)C)NC(=O)OCC2c3ccccc3-c3ccccc32)cc1. The number of hydrogen-bond donors (Lipinski definition) is 1. The number of carbonyl (C=O) groups excluding carboxylic acids is 3. The summed E-state index contributed by atoms with van der Waals surface area (Å²) in [6.07, 6.45) is -1.19. The molecule has 7 nitrogen and oxygen atoms in total. The number of aryl methyl sites for hydroxylation is 1. The van der Waals surface area contributed by atoms with Gasteiger partial charge in [-0.25, -0.2) is 9.59 Å². The number of amides is 1. The first-order valence-electron chi connectivity index (χ1n) is 12.7. The third-order valence-corrected chi connectivity index (χ3v) is 6.21. The monoisotopic (exact) mass is 515 g/mol. The standard InChI is InChI=1S/C31H33NO6/c1-20-13-15-21(16-14-20)18-36-29(34)27(17-28(33)38-31(2,3)4)32-30(35)37-19-26-24-11-7-5-9-22(24)23-10-6-8-12-25(23)26/h5-16,26-27H,17-19H2,1-4H3,(H,32,35)/t27-/m0/s1. The lowest BCUT2D eigenvalue weighted by Crippen LogP contribution is -2.44. The van der Waals surface area contributed by atoms with Crippen LogP contribution in [0.25, 0.3) is 11.1 Å². The minimum absolute atomic E-state index is 0.0102. The summed E-state index contributed by atoms with van der Waals surface area (Å²) in [6.45, 7) is 7.25. The van der Waals surface area contributed by atoms with Crippen molar-refractivity contribution in [2.24, 2.45) is 0 Å². The molecule has 0 fully saturated rings. The Labute approximate surface area is 223 Å². The van der Waals surface area contributed by atoms with E-state index in [1.54, 1.807) is 20.8 Å². The second-order valence-corrected chi connectivity index (χ2v) is 10.4. The Balaban J connectivity index is 1.42. The van der Waals surface area contributed by atoms with Gasteiger partial charge in [0.25, 0.3) is 0 Å². The Kier molecular flexibility index (Phi) is 8.15. The molecular weight excluding hydrogens is 482 g/mol. The third kappa shape index (κ3) is 6.79. The minimum atomic E-state index is -1.26. The van der Waals surface area contributed by atoms with E-state index in [0.717, 1.165) is 33.4 Å². The first-order valence-corrected chi connectivity index (χ1v) is 12.7. The first-order chi connectivity index (χ1) is 18.1. The molecule has 0 unspecified atom stereocenters. The molecule has 1 amide bonds. The summed E-state index contributed by atoms with van der Waals surface area (Å²) < 4.78 is 16.3. The van der Waals surface area contributed by atoms with E-state index in [4.69, 9.17) is 14.2 Å². The molecule has 0 aromatic heterocycles. The van der Waals surface area contributed by atoms with Crippen molar-refractivity contribution in [3.05, 3.63) is 95.1 Å². The number of alkyl carbamates (subject to hydrolysis) is 1. The Hall–Kier alpha value is -4.13.